The molecule has 0 aliphatic heterocycles. The summed E-state index contributed by atoms with van der Waals surface area (Å²) in [6, 6.07) is 32.1. The molecule has 4 aromatic rings. The molecule has 2 nitrogen and oxygen atoms in total. The lowest BCUT2D eigenvalue weighted by molar-refractivity contribution is 0.559. The van der Waals surface area contributed by atoms with Gasteiger partial charge in [-0.2, -0.15) is 0 Å². The van der Waals surface area contributed by atoms with Crippen molar-refractivity contribution in [3.8, 4) is 0 Å². The second-order valence-corrected chi connectivity index (χ2v) is 13.4. The first kappa shape index (κ1) is 23.6. The monoisotopic (exact) mass is 480 g/mol. The van der Waals surface area contributed by atoms with Crippen molar-refractivity contribution in [3.05, 3.63) is 136 Å². The minimum atomic E-state index is -3.47. The van der Waals surface area contributed by atoms with Crippen LogP contribution in [-0.2, 0) is 35.5 Å². The van der Waals surface area contributed by atoms with Crippen molar-refractivity contribution >= 4 is 9.84 Å². The van der Waals surface area contributed by atoms with E-state index in [4.69, 9.17) is 0 Å². The third-order valence-electron chi connectivity index (χ3n) is 6.81. The fourth-order valence-electron chi connectivity index (χ4n) is 4.95. The second kappa shape index (κ2) is 9.13. The van der Waals surface area contributed by atoms with E-state index in [2.05, 4.69) is 78.9 Å². The lowest BCUT2D eigenvalue weighted by Gasteiger charge is -2.22. The normalized spacial score (nSPS) is 13.9. The molecule has 0 saturated carbocycles. The maximum absolute atomic E-state index is 13.5. The van der Waals surface area contributed by atoms with Gasteiger partial charge in [-0.15, -0.1) is 0 Å². The Morgan fingerprint density at radius 3 is 1.29 bits per heavy atom. The molecule has 5 rings (SSSR count). The van der Waals surface area contributed by atoms with Crippen LogP contribution in [0.15, 0.2) is 95.9 Å². The molecule has 1 aliphatic carbocycles. The maximum Gasteiger partial charge on any atom is 0.183 e. The molecule has 0 saturated heterocycles. The quantitative estimate of drug-likeness (QED) is 0.261. The molecule has 35 heavy (non-hydrogen) atoms. The lowest BCUT2D eigenvalue weighted by Crippen LogP contribution is -2.29. The summed E-state index contributed by atoms with van der Waals surface area (Å²) in [5.74, 6) is 0. The van der Waals surface area contributed by atoms with Crippen LogP contribution in [0.5, 0.6) is 0 Å². The number of fused-ring (bicyclic) bond motifs is 8. The Morgan fingerprint density at radius 2 is 0.886 bits per heavy atom. The van der Waals surface area contributed by atoms with Crippen LogP contribution in [0.3, 0.4) is 0 Å². The Kier molecular flexibility index (Phi) is 6.14. The third-order valence-corrected chi connectivity index (χ3v) is 9.40. The van der Waals surface area contributed by atoms with Crippen LogP contribution in [0.1, 0.15) is 65.3 Å². The van der Waals surface area contributed by atoms with Crippen LogP contribution >= 0.6 is 0 Å². The maximum atomic E-state index is 13.5. The Bertz CT molecular complexity index is 1490. The van der Waals surface area contributed by atoms with E-state index in [1.54, 1.807) is 20.8 Å². The zero-order valence-corrected chi connectivity index (χ0v) is 21.5. The first-order chi connectivity index (χ1) is 16.7. The minimum Gasteiger partial charge on any atom is -0.223 e. The molecule has 4 aromatic carbocycles. The molecular weight excluding hydrogens is 448 g/mol. The zero-order valence-electron chi connectivity index (χ0n) is 20.7. The molecule has 0 spiro atoms. The van der Waals surface area contributed by atoms with E-state index >= 15 is 0 Å². The zero-order chi connectivity index (χ0) is 24.6. The molecule has 0 heterocycles. The number of hydrogen-bond acceptors (Lipinski definition) is 2. The van der Waals surface area contributed by atoms with Crippen LogP contribution in [-0.4, -0.2) is 13.2 Å². The van der Waals surface area contributed by atoms with Crippen molar-refractivity contribution < 1.29 is 8.42 Å². The highest BCUT2D eigenvalue weighted by Gasteiger charge is 2.32. The molecule has 0 radical (unpaired) electrons. The van der Waals surface area contributed by atoms with E-state index in [1.165, 1.54) is 27.8 Å². The van der Waals surface area contributed by atoms with E-state index < -0.39 is 14.6 Å². The summed E-state index contributed by atoms with van der Waals surface area (Å²) in [5, 5.41) is 0. The number of hydrogen-bond donors (Lipinski definition) is 0. The van der Waals surface area contributed by atoms with Crippen LogP contribution < -0.4 is 0 Å². The second-order valence-electron chi connectivity index (χ2n) is 10.7. The van der Waals surface area contributed by atoms with Gasteiger partial charge in [0, 0.05) is 0 Å². The van der Waals surface area contributed by atoms with Crippen molar-refractivity contribution in [1.82, 2.24) is 0 Å². The molecule has 0 fully saturated rings. The van der Waals surface area contributed by atoms with Crippen LogP contribution in [0.2, 0.25) is 0 Å². The van der Waals surface area contributed by atoms with Crippen molar-refractivity contribution in [3.63, 3.8) is 0 Å². The Balaban J connectivity index is 1.66. The van der Waals surface area contributed by atoms with Gasteiger partial charge in [-0.05, 0) is 97.0 Å². The van der Waals surface area contributed by atoms with Crippen LogP contribution in [0.4, 0.5) is 0 Å². The standard InChI is InChI=1S/C32H32O2S/c1-32(2,3)35(33,34)31-14-13-29-20-27-10-5-9-25(18-27)16-23-7-4-8-24(15-23)17-26-11-6-12-28(19-26)21-30(31)22-29/h4-15,18-19,22H,16-17,20-21H2,1-3H3. The molecule has 178 valence electrons. The van der Waals surface area contributed by atoms with Gasteiger partial charge in [0.05, 0.1) is 9.64 Å². The predicted molar refractivity (Wildman–Crippen MR) is 144 cm³/mol. The summed E-state index contributed by atoms with van der Waals surface area (Å²) in [7, 11) is -3.47. The van der Waals surface area contributed by atoms with Gasteiger partial charge in [0.2, 0.25) is 0 Å². The molecule has 0 aromatic heterocycles. The minimum absolute atomic E-state index is 0.446. The SMILES string of the molecule is CC(C)(C)S(=O)(=O)c1ccc2cc1Cc1cccc(c1)Cc1cccc(c1)Cc1cccc(c1)C2. The number of rotatable bonds is 1. The topological polar surface area (TPSA) is 34.1 Å². The van der Waals surface area contributed by atoms with Crippen LogP contribution in [0, 0.1) is 0 Å². The smallest absolute Gasteiger partial charge is 0.183 e. The summed E-state index contributed by atoms with van der Waals surface area (Å²) in [4.78, 5) is 0.446. The van der Waals surface area contributed by atoms with E-state index in [-0.39, 0.29) is 0 Å². The van der Waals surface area contributed by atoms with E-state index in [0.717, 1.165) is 36.0 Å². The van der Waals surface area contributed by atoms with Crippen molar-refractivity contribution in [2.75, 3.05) is 0 Å². The van der Waals surface area contributed by atoms with E-state index in [0.29, 0.717) is 11.3 Å². The van der Waals surface area contributed by atoms with Gasteiger partial charge < -0.3 is 0 Å². The molecule has 0 unspecified atom stereocenters. The summed E-state index contributed by atoms with van der Waals surface area (Å²) in [6.45, 7) is 5.33. The fraction of sp³-hybridized carbons (Fsp3) is 0.250. The average Bonchev–Trinajstić information content (AvgIpc) is 2.79. The molecule has 1 aliphatic rings. The van der Waals surface area contributed by atoms with Gasteiger partial charge in [-0.1, -0.05) is 84.9 Å². The highest BCUT2D eigenvalue weighted by molar-refractivity contribution is 7.92. The predicted octanol–water partition coefficient (Wildman–Crippen LogP) is 6.94. The van der Waals surface area contributed by atoms with Gasteiger partial charge in [0.25, 0.3) is 0 Å². The number of benzene rings is 4. The van der Waals surface area contributed by atoms with Crippen molar-refractivity contribution in [1.29, 1.82) is 0 Å². The summed E-state index contributed by atoms with van der Waals surface area (Å²) < 4.78 is 26.1. The first-order valence-corrected chi connectivity index (χ1v) is 13.8. The van der Waals surface area contributed by atoms with E-state index in [9.17, 15) is 8.42 Å². The Hall–Kier alpha value is -3.17. The highest BCUT2D eigenvalue weighted by Crippen LogP contribution is 2.31. The highest BCUT2D eigenvalue weighted by atomic mass is 32.2. The number of sulfone groups is 1. The first-order valence-electron chi connectivity index (χ1n) is 12.3. The van der Waals surface area contributed by atoms with Crippen molar-refractivity contribution in [2.24, 2.45) is 0 Å². The van der Waals surface area contributed by atoms with Crippen molar-refractivity contribution in [2.45, 2.75) is 56.1 Å². The summed E-state index contributed by atoms with van der Waals surface area (Å²) in [5.41, 5.74) is 9.53. The van der Waals surface area contributed by atoms with Gasteiger partial charge in [0.15, 0.2) is 9.84 Å². The molecule has 0 N–H and O–H groups in total. The Morgan fingerprint density at radius 1 is 0.514 bits per heavy atom. The van der Waals surface area contributed by atoms with Gasteiger partial charge in [-0.3, -0.25) is 0 Å². The van der Waals surface area contributed by atoms with Gasteiger partial charge in [0.1, 0.15) is 0 Å². The fourth-order valence-corrected chi connectivity index (χ4v) is 6.33. The Labute approximate surface area is 209 Å². The molecule has 0 atom stereocenters. The summed E-state index contributed by atoms with van der Waals surface area (Å²) in [6.07, 6.45) is 3.12. The third kappa shape index (κ3) is 5.11. The lowest BCUT2D eigenvalue weighted by atomic mass is 9.94. The average molecular weight is 481 g/mol. The largest absolute Gasteiger partial charge is 0.223 e. The molecule has 3 heteroatoms. The molecular formula is C32H32O2S. The summed E-state index contributed by atoms with van der Waals surface area (Å²) >= 11 is 0. The van der Waals surface area contributed by atoms with Gasteiger partial charge in [-0.25, -0.2) is 8.42 Å². The van der Waals surface area contributed by atoms with E-state index in [1.807, 2.05) is 12.1 Å². The molecule has 8 bridgehead atoms. The molecule has 0 amide bonds. The van der Waals surface area contributed by atoms with Crippen LogP contribution in [0.25, 0.3) is 0 Å². The van der Waals surface area contributed by atoms with Gasteiger partial charge >= 0.3 is 0 Å².